The summed E-state index contributed by atoms with van der Waals surface area (Å²) in [7, 11) is 0. The summed E-state index contributed by atoms with van der Waals surface area (Å²) in [5.41, 5.74) is 3.66. The van der Waals surface area contributed by atoms with E-state index in [0.717, 1.165) is 37.7 Å². The molecule has 0 saturated carbocycles. The van der Waals surface area contributed by atoms with Crippen LogP contribution in [0.15, 0.2) is 24.4 Å². The summed E-state index contributed by atoms with van der Waals surface area (Å²) in [4.78, 5) is 12.8. The largest absolute Gasteiger partial charge is 0.300 e. The first-order valence-electron chi connectivity index (χ1n) is 8.32. The molecule has 0 aromatic heterocycles. The second-order valence-corrected chi connectivity index (χ2v) is 6.02. The van der Waals surface area contributed by atoms with Crippen LogP contribution in [-0.4, -0.2) is 29.0 Å². The Hall–Kier alpha value is -1.68. The summed E-state index contributed by atoms with van der Waals surface area (Å²) in [6.07, 6.45) is 8.31. The van der Waals surface area contributed by atoms with E-state index in [1.807, 2.05) is 12.1 Å². The maximum atomic E-state index is 10.6. The maximum Gasteiger partial charge on any atom is 0.235 e. The van der Waals surface area contributed by atoms with Crippen LogP contribution in [0.1, 0.15) is 49.8 Å². The van der Waals surface area contributed by atoms with Crippen molar-refractivity contribution in [3.05, 3.63) is 51.2 Å². The van der Waals surface area contributed by atoms with Crippen LogP contribution in [0, 0.1) is 10.1 Å². The van der Waals surface area contributed by atoms with Crippen LogP contribution in [0.25, 0.3) is 6.08 Å². The summed E-state index contributed by atoms with van der Waals surface area (Å²) < 4.78 is 0. The summed E-state index contributed by atoms with van der Waals surface area (Å²) in [5.74, 6) is 0. The molecule has 0 spiro atoms. The third-order valence-corrected chi connectivity index (χ3v) is 4.41. The Morgan fingerprint density at radius 1 is 1.32 bits per heavy atom. The van der Waals surface area contributed by atoms with E-state index < -0.39 is 0 Å². The molecule has 1 atom stereocenters. The van der Waals surface area contributed by atoms with Crippen molar-refractivity contribution in [3.8, 4) is 0 Å². The van der Waals surface area contributed by atoms with Crippen molar-refractivity contribution < 1.29 is 4.92 Å². The average Bonchev–Trinajstić information content (AvgIpc) is 2.52. The molecule has 0 radical (unpaired) electrons. The second-order valence-electron chi connectivity index (χ2n) is 6.02. The van der Waals surface area contributed by atoms with Gasteiger partial charge in [-0.15, -0.1) is 0 Å². The van der Waals surface area contributed by atoms with Gasteiger partial charge in [-0.2, -0.15) is 0 Å². The first-order valence-corrected chi connectivity index (χ1v) is 8.32. The Morgan fingerprint density at radius 2 is 2.05 bits per heavy atom. The quantitative estimate of drug-likeness (QED) is 0.566. The van der Waals surface area contributed by atoms with Gasteiger partial charge in [0.2, 0.25) is 6.20 Å². The Morgan fingerprint density at radius 3 is 2.68 bits per heavy atom. The molecule has 4 heteroatoms. The Labute approximate surface area is 133 Å². The molecule has 1 aromatic carbocycles. The Balaban J connectivity index is 2.22. The lowest BCUT2D eigenvalue weighted by Crippen LogP contribution is -2.40. The third kappa shape index (κ3) is 4.17. The van der Waals surface area contributed by atoms with Crippen LogP contribution in [0.5, 0.6) is 0 Å². The predicted octanol–water partition coefficient (Wildman–Crippen LogP) is 3.91. The number of fused-ring (bicyclic) bond motifs is 1. The summed E-state index contributed by atoms with van der Waals surface area (Å²) in [6.45, 7) is 6.73. The van der Waals surface area contributed by atoms with Crippen LogP contribution >= 0.6 is 0 Å². The first-order chi connectivity index (χ1) is 10.7. The van der Waals surface area contributed by atoms with Gasteiger partial charge >= 0.3 is 0 Å². The molecule has 0 heterocycles. The van der Waals surface area contributed by atoms with Gasteiger partial charge in [0.25, 0.3) is 0 Å². The number of rotatable bonds is 7. The number of nitrogens with zero attached hydrogens (tertiary/aromatic N) is 2. The number of nitro groups is 1. The van der Waals surface area contributed by atoms with E-state index in [4.69, 9.17) is 0 Å². The fourth-order valence-electron chi connectivity index (χ4n) is 3.46. The van der Waals surface area contributed by atoms with E-state index in [9.17, 15) is 10.1 Å². The number of hydrogen-bond donors (Lipinski definition) is 0. The Bertz CT molecular complexity index is 534. The van der Waals surface area contributed by atoms with Crippen LogP contribution in [0.4, 0.5) is 0 Å². The first kappa shape index (κ1) is 16.7. The molecule has 4 nitrogen and oxygen atoms in total. The van der Waals surface area contributed by atoms with Gasteiger partial charge in [-0.25, -0.2) is 0 Å². The monoisotopic (exact) mass is 302 g/mol. The third-order valence-electron chi connectivity index (χ3n) is 4.41. The lowest BCUT2D eigenvalue weighted by atomic mass is 9.84. The molecule has 1 aromatic rings. The highest BCUT2D eigenvalue weighted by molar-refractivity contribution is 5.56. The molecule has 120 valence electrons. The van der Waals surface area contributed by atoms with Crippen LogP contribution in [0.2, 0.25) is 0 Å². The van der Waals surface area contributed by atoms with Crippen molar-refractivity contribution >= 4 is 6.08 Å². The zero-order chi connectivity index (χ0) is 15.9. The van der Waals surface area contributed by atoms with Crippen LogP contribution < -0.4 is 0 Å². The summed E-state index contributed by atoms with van der Waals surface area (Å²) in [6, 6.07) is 6.73. The van der Waals surface area contributed by atoms with Gasteiger partial charge in [-0.1, -0.05) is 32.0 Å². The molecule has 22 heavy (non-hydrogen) atoms. The minimum absolute atomic E-state index is 0.389. The van der Waals surface area contributed by atoms with Crippen molar-refractivity contribution in [1.82, 2.24) is 4.90 Å². The summed E-state index contributed by atoms with van der Waals surface area (Å²) in [5, 5.41) is 10.6. The van der Waals surface area contributed by atoms with Gasteiger partial charge in [-0.05, 0) is 61.9 Å². The molecule has 0 amide bonds. The predicted molar refractivity (Wildman–Crippen MR) is 90.4 cm³/mol. The van der Waals surface area contributed by atoms with Crippen molar-refractivity contribution in [1.29, 1.82) is 0 Å². The van der Waals surface area contributed by atoms with E-state index in [0.29, 0.717) is 6.04 Å². The molecule has 1 unspecified atom stereocenters. The van der Waals surface area contributed by atoms with E-state index in [-0.39, 0.29) is 4.92 Å². The van der Waals surface area contributed by atoms with E-state index in [1.54, 1.807) is 6.08 Å². The molecule has 0 aliphatic heterocycles. The van der Waals surface area contributed by atoms with Gasteiger partial charge in [-0.3, -0.25) is 10.1 Å². The Kier molecular flexibility index (Phi) is 6.13. The molecule has 1 aliphatic carbocycles. The zero-order valence-electron chi connectivity index (χ0n) is 13.6. The fourth-order valence-corrected chi connectivity index (χ4v) is 3.46. The molecular weight excluding hydrogens is 276 g/mol. The molecule has 0 N–H and O–H groups in total. The van der Waals surface area contributed by atoms with Gasteiger partial charge in [0.1, 0.15) is 0 Å². The van der Waals surface area contributed by atoms with Gasteiger partial charge in [0.05, 0.1) is 4.92 Å². The van der Waals surface area contributed by atoms with Gasteiger partial charge in [0, 0.05) is 12.1 Å². The highest BCUT2D eigenvalue weighted by Gasteiger charge is 2.24. The van der Waals surface area contributed by atoms with Gasteiger partial charge in [0.15, 0.2) is 0 Å². The van der Waals surface area contributed by atoms with E-state index >= 15 is 0 Å². The molecule has 1 aliphatic rings. The summed E-state index contributed by atoms with van der Waals surface area (Å²) >= 11 is 0. The van der Waals surface area contributed by atoms with Crippen LogP contribution in [0.3, 0.4) is 0 Å². The van der Waals surface area contributed by atoms with Gasteiger partial charge < -0.3 is 4.90 Å². The minimum atomic E-state index is -0.389. The lowest BCUT2D eigenvalue weighted by Gasteiger charge is -2.35. The molecule has 0 bridgehead atoms. The maximum absolute atomic E-state index is 10.6. The van der Waals surface area contributed by atoms with Crippen molar-refractivity contribution in [2.75, 3.05) is 13.1 Å². The number of aryl methyl sites for hydroxylation is 1. The van der Waals surface area contributed by atoms with Crippen molar-refractivity contribution in [2.24, 2.45) is 0 Å². The van der Waals surface area contributed by atoms with E-state index in [2.05, 4.69) is 24.8 Å². The van der Waals surface area contributed by atoms with Crippen molar-refractivity contribution in [2.45, 2.75) is 52.0 Å². The molecular formula is C18H26N2O2. The van der Waals surface area contributed by atoms with Crippen molar-refractivity contribution in [3.63, 3.8) is 0 Å². The average molecular weight is 302 g/mol. The zero-order valence-corrected chi connectivity index (χ0v) is 13.6. The topological polar surface area (TPSA) is 46.4 Å². The molecule has 0 saturated heterocycles. The standard InChI is InChI=1S/C18H26N2O2/c1-3-11-19(12-4-2)17-9-8-15-6-5-7-16(18(15)14-17)10-13-20(21)22/h5-7,10,13,17H,3-4,8-9,11-12,14H2,1-2H3/b13-10+. The molecule has 2 rings (SSSR count). The highest BCUT2D eigenvalue weighted by atomic mass is 16.6. The van der Waals surface area contributed by atoms with Crippen LogP contribution in [-0.2, 0) is 12.8 Å². The smallest absolute Gasteiger partial charge is 0.235 e. The SMILES string of the molecule is CCCN(CCC)C1CCc2cccc(/C=C/[N+](=O)[O-])c2C1. The second kappa shape index (κ2) is 8.08. The fraction of sp³-hybridized carbons (Fsp3) is 0.556. The highest BCUT2D eigenvalue weighted by Crippen LogP contribution is 2.28. The normalized spacial score (nSPS) is 17.9. The van der Waals surface area contributed by atoms with E-state index in [1.165, 1.54) is 30.4 Å². The minimum Gasteiger partial charge on any atom is -0.300 e. The number of benzene rings is 1. The number of hydrogen-bond acceptors (Lipinski definition) is 3. The molecule has 0 fully saturated rings. The lowest BCUT2D eigenvalue weighted by molar-refractivity contribution is -0.400.